The minimum absolute atomic E-state index is 0.388. The molecular weight excluding hydrogens is 266 g/mol. The maximum atomic E-state index is 8.98. The SMILES string of the molecule is COc1ccccc1COc1ccc(C)cc1C(C)=NO. The van der Waals surface area contributed by atoms with Gasteiger partial charge in [-0.1, -0.05) is 35.0 Å². The van der Waals surface area contributed by atoms with Crippen molar-refractivity contribution in [1.82, 2.24) is 0 Å². The first-order valence-electron chi connectivity index (χ1n) is 6.70. The highest BCUT2D eigenvalue weighted by Crippen LogP contribution is 2.24. The van der Waals surface area contributed by atoms with Gasteiger partial charge in [-0.25, -0.2) is 0 Å². The Balaban J connectivity index is 2.24. The zero-order valence-electron chi connectivity index (χ0n) is 12.5. The highest BCUT2D eigenvalue weighted by molar-refractivity contribution is 6.00. The van der Waals surface area contributed by atoms with Gasteiger partial charge >= 0.3 is 0 Å². The lowest BCUT2D eigenvalue weighted by Crippen LogP contribution is -2.04. The van der Waals surface area contributed by atoms with Crippen LogP contribution in [-0.4, -0.2) is 18.0 Å². The molecule has 4 nitrogen and oxygen atoms in total. The van der Waals surface area contributed by atoms with Crippen molar-refractivity contribution in [3.05, 3.63) is 59.2 Å². The van der Waals surface area contributed by atoms with Crippen LogP contribution in [0.3, 0.4) is 0 Å². The van der Waals surface area contributed by atoms with Crippen LogP contribution in [-0.2, 0) is 6.61 Å². The van der Waals surface area contributed by atoms with Crippen molar-refractivity contribution in [3.8, 4) is 11.5 Å². The molecule has 0 aliphatic carbocycles. The summed E-state index contributed by atoms with van der Waals surface area (Å²) in [7, 11) is 1.64. The summed E-state index contributed by atoms with van der Waals surface area (Å²) in [5.74, 6) is 1.47. The molecule has 2 rings (SSSR count). The zero-order chi connectivity index (χ0) is 15.2. The summed E-state index contributed by atoms with van der Waals surface area (Å²) in [4.78, 5) is 0. The number of methoxy groups -OCH3 is 1. The van der Waals surface area contributed by atoms with E-state index < -0.39 is 0 Å². The number of para-hydroxylation sites is 1. The topological polar surface area (TPSA) is 51.0 Å². The molecule has 0 radical (unpaired) electrons. The van der Waals surface area contributed by atoms with Crippen LogP contribution in [0.2, 0.25) is 0 Å². The number of ether oxygens (including phenoxy) is 2. The van der Waals surface area contributed by atoms with Gasteiger partial charge in [-0.3, -0.25) is 0 Å². The maximum absolute atomic E-state index is 8.98. The molecule has 0 bridgehead atoms. The van der Waals surface area contributed by atoms with Gasteiger partial charge in [0.25, 0.3) is 0 Å². The van der Waals surface area contributed by atoms with Crippen molar-refractivity contribution in [2.45, 2.75) is 20.5 Å². The molecule has 2 aromatic carbocycles. The van der Waals surface area contributed by atoms with Gasteiger partial charge in [0.2, 0.25) is 0 Å². The van der Waals surface area contributed by atoms with Crippen LogP contribution in [0, 0.1) is 6.92 Å². The molecule has 0 saturated heterocycles. The van der Waals surface area contributed by atoms with Gasteiger partial charge < -0.3 is 14.7 Å². The summed E-state index contributed by atoms with van der Waals surface area (Å²) in [5.41, 5.74) is 3.35. The second-order valence-corrected chi connectivity index (χ2v) is 4.79. The van der Waals surface area contributed by atoms with E-state index in [2.05, 4.69) is 5.16 Å². The van der Waals surface area contributed by atoms with Crippen molar-refractivity contribution in [3.63, 3.8) is 0 Å². The van der Waals surface area contributed by atoms with E-state index in [1.807, 2.05) is 49.4 Å². The largest absolute Gasteiger partial charge is 0.496 e. The molecule has 0 saturated carbocycles. The lowest BCUT2D eigenvalue weighted by Gasteiger charge is -2.13. The second kappa shape index (κ2) is 6.79. The molecule has 0 amide bonds. The third-order valence-electron chi connectivity index (χ3n) is 3.25. The van der Waals surface area contributed by atoms with Gasteiger partial charge in [-0.2, -0.15) is 0 Å². The lowest BCUT2D eigenvalue weighted by molar-refractivity contribution is 0.295. The Hall–Kier alpha value is -2.49. The maximum Gasteiger partial charge on any atom is 0.129 e. The molecule has 1 N–H and O–H groups in total. The van der Waals surface area contributed by atoms with E-state index in [-0.39, 0.29) is 0 Å². The van der Waals surface area contributed by atoms with Gasteiger partial charge in [-0.05, 0) is 32.0 Å². The molecule has 21 heavy (non-hydrogen) atoms. The molecule has 0 spiro atoms. The van der Waals surface area contributed by atoms with Crippen molar-refractivity contribution in [2.75, 3.05) is 7.11 Å². The number of aryl methyl sites for hydroxylation is 1. The molecule has 0 aliphatic heterocycles. The zero-order valence-corrected chi connectivity index (χ0v) is 12.5. The average Bonchev–Trinajstić information content (AvgIpc) is 2.53. The number of oxime groups is 1. The van der Waals surface area contributed by atoms with Crippen LogP contribution in [0.25, 0.3) is 0 Å². The fourth-order valence-electron chi connectivity index (χ4n) is 2.08. The van der Waals surface area contributed by atoms with Gasteiger partial charge in [0.05, 0.1) is 12.8 Å². The summed E-state index contributed by atoms with van der Waals surface area (Å²) in [6.07, 6.45) is 0. The van der Waals surface area contributed by atoms with Crippen molar-refractivity contribution in [1.29, 1.82) is 0 Å². The molecule has 0 heterocycles. The predicted octanol–water partition coefficient (Wildman–Crippen LogP) is 3.78. The minimum atomic E-state index is 0.388. The summed E-state index contributed by atoms with van der Waals surface area (Å²) in [6, 6.07) is 13.5. The second-order valence-electron chi connectivity index (χ2n) is 4.79. The standard InChI is InChI=1S/C17H19NO3/c1-12-8-9-17(15(10-12)13(2)18-19)21-11-14-6-4-5-7-16(14)20-3/h4-10,19H,11H2,1-3H3. The Morgan fingerprint density at radius 2 is 1.90 bits per heavy atom. The van der Waals surface area contributed by atoms with E-state index >= 15 is 0 Å². The molecule has 4 heteroatoms. The summed E-state index contributed by atoms with van der Waals surface area (Å²) in [5, 5.41) is 12.2. The normalized spacial score (nSPS) is 11.3. The Morgan fingerprint density at radius 1 is 1.14 bits per heavy atom. The van der Waals surface area contributed by atoms with E-state index in [4.69, 9.17) is 14.7 Å². The van der Waals surface area contributed by atoms with Crippen molar-refractivity contribution >= 4 is 5.71 Å². The minimum Gasteiger partial charge on any atom is -0.496 e. The van der Waals surface area contributed by atoms with Gasteiger partial charge in [0.1, 0.15) is 18.1 Å². The number of rotatable bonds is 5. The highest BCUT2D eigenvalue weighted by atomic mass is 16.5. The molecule has 0 fully saturated rings. The lowest BCUT2D eigenvalue weighted by atomic mass is 10.1. The highest BCUT2D eigenvalue weighted by Gasteiger charge is 2.09. The van der Waals surface area contributed by atoms with E-state index in [0.29, 0.717) is 18.1 Å². The smallest absolute Gasteiger partial charge is 0.129 e. The van der Waals surface area contributed by atoms with Gasteiger partial charge in [0, 0.05) is 11.1 Å². The Labute approximate surface area is 124 Å². The number of nitrogens with zero attached hydrogens (tertiary/aromatic N) is 1. The van der Waals surface area contributed by atoms with Gasteiger partial charge in [0.15, 0.2) is 0 Å². The first kappa shape index (κ1) is 14.9. The third kappa shape index (κ3) is 3.54. The molecule has 0 unspecified atom stereocenters. The summed E-state index contributed by atoms with van der Waals surface area (Å²) >= 11 is 0. The number of hydrogen-bond acceptors (Lipinski definition) is 4. The fourth-order valence-corrected chi connectivity index (χ4v) is 2.08. The van der Waals surface area contributed by atoms with E-state index in [1.54, 1.807) is 14.0 Å². The van der Waals surface area contributed by atoms with Crippen molar-refractivity contribution < 1.29 is 14.7 Å². The molecule has 0 aromatic heterocycles. The van der Waals surface area contributed by atoms with Crippen LogP contribution in [0.15, 0.2) is 47.6 Å². The Bertz CT molecular complexity index is 650. The summed E-state index contributed by atoms with van der Waals surface area (Å²) < 4.78 is 11.2. The van der Waals surface area contributed by atoms with E-state index in [9.17, 15) is 0 Å². The van der Waals surface area contributed by atoms with Crippen LogP contribution in [0.5, 0.6) is 11.5 Å². The molecule has 110 valence electrons. The monoisotopic (exact) mass is 285 g/mol. The number of benzene rings is 2. The molecule has 2 aromatic rings. The van der Waals surface area contributed by atoms with Crippen LogP contribution in [0.4, 0.5) is 0 Å². The third-order valence-corrected chi connectivity index (χ3v) is 3.25. The Kier molecular flexibility index (Phi) is 4.82. The Morgan fingerprint density at radius 3 is 2.62 bits per heavy atom. The average molecular weight is 285 g/mol. The molecule has 0 aliphatic rings. The summed E-state index contributed by atoms with van der Waals surface area (Å²) in [6.45, 7) is 4.11. The molecule has 0 atom stereocenters. The van der Waals surface area contributed by atoms with E-state index in [1.165, 1.54) is 0 Å². The number of hydrogen-bond donors (Lipinski definition) is 1. The van der Waals surface area contributed by atoms with Crippen LogP contribution >= 0.6 is 0 Å². The van der Waals surface area contributed by atoms with Crippen LogP contribution in [0.1, 0.15) is 23.6 Å². The molecular formula is C17H19NO3. The predicted molar refractivity (Wildman–Crippen MR) is 82.5 cm³/mol. The quantitative estimate of drug-likeness (QED) is 0.516. The first-order valence-corrected chi connectivity index (χ1v) is 6.70. The fraction of sp³-hybridized carbons (Fsp3) is 0.235. The van der Waals surface area contributed by atoms with E-state index in [0.717, 1.165) is 22.4 Å². The van der Waals surface area contributed by atoms with Crippen molar-refractivity contribution in [2.24, 2.45) is 5.16 Å². The van der Waals surface area contributed by atoms with Gasteiger partial charge in [-0.15, -0.1) is 0 Å². The first-order chi connectivity index (χ1) is 10.2. The van der Waals surface area contributed by atoms with Crippen LogP contribution < -0.4 is 9.47 Å².